The van der Waals surface area contributed by atoms with Crippen molar-refractivity contribution in [3.05, 3.63) is 63.4 Å². The number of halogens is 1. The average molecular weight is 643 g/mol. The van der Waals surface area contributed by atoms with Crippen LogP contribution in [-0.2, 0) is 32.9 Å². The Morgan fingerprint density at radius 3 is 2.40 bits per heavy atom. The second kappa shape index (κ2) is 14.2. The number of nitrogens with one attached hydrogen (secondary N) is 2. The van der Waals surface area contributed by atoms with Crippen molar-refractivity contribution in [3.63, 3.8) is 0 Å². The predicted octanol–water partition coefficient (Wildman–Crippen LogP) is 1.03. The summed E-state index contributed by atoms with van der Waals surface area (Å²) in [4.78, 5) is 51.8. The third-order valence-corrected chi connectivity index (χ3v) is 8.50. The summed E-state index contributed by atoms with van der Waals surface area (Å²) in [6.07, 6.45) is -3.03. The van der Waals surface area contributed by atoms with E-state index in [-0.39, 0.29) is 11.7 Å². The van der Waals surface area contributed by atoms with Crippen LogP contribution in [0.2, 0.25) is 0 Å². The zero-order valence-electron chi connectivity index (χ0n) is 24.7. The number of hydrogen-bond acceptors (Lipinski definition) is 11. The van der Waals surface area contributed by atoms with Gasteiger partial charge in [-0.15, -0.1) is 11.6 Å². The Labute approximate surface area is 254 Å². The maximum atomic E-state index is 14.0. The number of rotatable bonds is 13. The monoisotopic (exact) mass is 642 g/mol. The number of ether oxygens (including phenoxy) is 3. The second-order valence-corrected chi connectivity index (χ2v) is 13.4. The summed E-state index contributed by atoms with van der Waals surface area (Å²) in [6.45, 7) is 7.67. The third-order valence-electron chi connectivity index (χ3n) is 6.45. The normalized spacial score (nSPS) is 24.7. The number of carbonyl (C=O) groups excluding carboxylic acids is 2. The van der Waals surface area contributed by atoms with E-state index >= 15 is 0 Å². The van der Waals surface area contributed by atoms with Crippen LogP contribution in [0.5, 0.6) is 5.75 Å². The van der Waals surface area contributed by atoms with E-state index in [1.165, 1.54) is 33.1 Å². The number of nitrogens with two attached hydrogens (primary N) is 1. The molecule has 0 bridgehead atoms. The molecule has 17 heteroatoms. The Bertz CT molecular complexity index is 1440. The SMILES string of the molecule is B[C@]1(Cl)[C@H](OC(=O)[C@@H](N)C(C)C)[C@@H](COP(=O)(N[C@@H](C)C(=O)OC(C)C)Oc2ccccc2)O[C@H]1n1ccc(=O)[nH]c1=O. The number of benzene rings is 1. The molecular formula is C26H37BClN4O10P. The molecule has 1 unspecified atom stereocenters. The summed E-state index contributed by atoms with van der Waals surface area (Å²) in [5, 5.41) is 2.56. The molecule has 1 aliphatic heterocycles. The third kappa shape index (κ3) is 8.81. The lowest BCUT2D eigenvalue weighted by Crippen LogP contribution is -2.50. The summed E-state index contributed by atoms with van der Waals surface area (Å²) in [5.41, 5.74) is 4.53. The molecule has 2 aromatic rings. The molecule has 1 aromatic heterocycles. The van der Waals surface area contributed by atoms with Crippen molar-refractivity contribution in [1.82, 2.24) is 14.6 Å². The first-order valence-electron chi connectivity index (χ1n) is 13.6. The lowest BCUT2D eigenvalue weighted by atomic mass is 9.79. The Morgan fingerprint density at radius 2 is 1.81 bits per heavy atom. The topological polar surface area (TPSA) is 190 Å². The molecule has 0 saturated carbocycles. The van der Waals surface area contributed by atoms with E-state index in [1.54, 1.807) is 45.9 Å². The molecule has 1 saturated heterocycles. The number of aromatic amines is 1. The van der Waals surface area contributed by atoms with Crippen LogP contribution in [-0.4, -0.2) is 71.1 Å². The van der Waals surface area contributed by atoms with Gasteiger partial charge >= 0.3 is 25.4 Å². The van der Waals surface area contributed by atoms with Crippen LogP contribution in [0.4, 0.5) is 0 Å². The average Bonchev–Trinajstić information content (AvgIpc) is 3.16. The molecule has 3 rings (SSSR count). The fourth-order valence-corrected chi connectivity index (χ4v) is 5.97. The van der Waals surface area contributed by atoms with Gasteiger partial charge in [-0.1, -0.05) is 32.0 Å². The summed E-state index contributed by atoms with van der Waals surface area (Å²) < 4.78 is 41.8. The molecule has 1 fully saturated rings. The van der Waals surface area contributed by atoms with Crippen molar-refractivity contribution < 1.29 is 37.4 Å². The van der Waals surface area contributed by atoms with E-state index in [4.69, 9.17) is 40.6 Å². The van der Waals surface area contributed by atoms with Crippen LogP contribution < -0.4 is 26.6 Å². The highest BCUT2D eigenvalue weighted by molar-refractivity contribution is 7.52. The first kappa shape index (κ1) is 34.6. The molecule has 0 radical (unpaired) electrons. The number of para-hydroxylation sites is 1. The predicted molar refractivity (Wildman–Crippen MR) is 160 cm³/mol. The van der Waals surface area contributed by atoms with Gasteiger partial charge in [-0.2, -0.15) is 5.09 Å². The summed E-state index contributed by atoms with van der Waals surface area (Å²) >= 11 is 6.90. The fraction of sp³-hybridized carbons (Fsp3) is 0.538. The molecule has 0 aliphatic carbocycles. The molecule has 0 spiro atoms. The lowest BCUT2D eigenvalue weighted by Gasteiger charge is -2.31. The lowest BCUT2D eigenvalue weighted by molar-refractivity contribution is -0.156. The van der Waals surface area contributed by atoms with E-state index < -0.39 is 78.9 Å². The maximum absolute atomic E-state index is 14.0. The first-order valence-corrected chi connectivity index (χ1v) is 15.6. The zero-order chi connectivity index (χ0) is 32.1. The van der Waals surface area contributed by atoms with Crippen LogP contribution >= 0.6 is 19.3 Å². The highest BCUT2D eigenvalue weighted by atomic mass is 35.5. The fourth-order valence-electron chi connectivity index (χ4n) is 4.12. The van der Waals surface area contributed by atoms with Gasteiger partial charge in [-0.05, 0) is 38.8 Å². The van der Waals surface area contributed by atoms with Gasteiger partial charge in [0.25, 0.3) is 5.56 Å². The van der Waals surface area contributed by atoms with Crippen LogP contribution in [0.3, 0.4) is 0 Å². The number of alkyl halides is 1. The molecule has 7 atom stereocenters. The van der Waals surface area contributed by atoms with Crippen molar-refractivity contribution in [3.8, 4) is 5.75 Å². The second-order valence-electron chi connectivity index (χ2n) is 10.9. The largest absolute Gasteiger partial charge is 0.462 e. The van der Waals surface area contributed by atoms with E-state index in [0.717, 1.165) is 10.6 Å². The van der Waals surface area contributed by atoms with Gasteiger partial charge in [0.15, 0.2) is 6.23 Å². The van der Waals surface area contributed by atoms with Gasteiger partial charge < -0.3 is 24.5 Å². The van der Waals surface area contributed by atoms with Crippen molar-refractivity contribution in [2.75, 3.05) is 6.61 Å². The Kier molecular flexibility index (Phi) is 11.4. The number of carbonyl (C=O) groups is 2. The summed E-state index contributed by atoms with van der Waals surface area (Å²) in [5.74, 6) is -1.60. The minimum atomic E-state index is -4.35. The van der Waals surface area contributed by atoms with Crippen molar-refractivity contribution in [1.29, 1.82) is 0 Å². The highest BCUT2D eigenvalue weighted by Crippen LogP contribution is 2.48. The molecular weight excluding hydrogens is 606 g/mol. The van der Waals surface area contributed by atoms with Crippen molar-refractivity contribution >= 4 is 39.1 Å². The maximum Gasteiger partial charge on any atom is 0.459 e. The molecule has 4 N–H and O–H groups in total. The molecule has 14 nitrogen and oxygen atoms in total. The molecule has 1 aromatic carbocycles. The standard InChI is InChI=1S/C26H37BClN4O10P/c1-14(2)20(29)23(35)41-21-18(40-24(26(21,27)28)32-12-11-19(33)30-25(32)36)13-38-43(37,42-17-9-7-6-8-10-17)31-16(5)22(34)39-15(3)4/h6-12,14-16,18,20-21,24H,13,27,29H2,1-5H3,(H,31,37)(H,30,33,36)/t16-,18+,20-,21+,24+,26-,43?/m0/s1. The Morgan fingerprint density at radius 1 is 1.16 bits per heavy atom. The van der Waals surface area contributed by atoms with Crippen molar-refractivity contribution in [2.24, 2.45) is 11.7 Å². The van der Waals surface area contributed by atoms with Crippen molar-refractivity contribution in [2.45, 2.75) is 76.0 Å². The van der Waals surface area contributed by atoms with E-state index in [9.17, 15) is 23.7 Å². The molecule has 236 valence electrons. The van der Waals surface area contributed by atoms with E-state index in [0.29, 0.717) is 0 Å². The van der Waals surface area contributed by atoms with Gasteiger partial charge in [0, 0.05) is 12.3 Å². The van der Waals surface area contributed by atoms with Gasteiger partial charge in [-0.25, -0.2) is 9.36 Å². The number of H-pyrrole nitrogens is 1. The van der Waals surface area contributed by atoms with Crippen LogP contribution in [0, 0.1) is 5.92 Å². The van der Waals surface area contributed by atoms with Crippen LogP contribution in [0.25, 0.3) is 0 Å². The Balaban J connectivity index is 1.94. The smallest absolute Gasteiger partial charge is 0.459 e. The van der Waals surface area contributed by atoms with E-state index in [2.05, 4.69) is 10.1 Å². The van der Waals surface area contributed by atoms with Gasteiger partial charge in [-0.3, -0.25) is 28.5 Å². The number of aromatic nitrogens is 2. The quantitative estimate of drug-likeness (QED) is 0.122. The Hall–Kier alpha value is -2.94. The van der Waals surface area contributed by atoms with Crippen LogP contribution in [0.1, 0.15) is 40.8 Å². The number of esters is 2. The molecule has 1 aliphatic rings. The zero-order valence-corrected chi connectivity index (χ0v) is 26.4. The minimum Gasteiger partial charge on any atom is -0.462 e. The van der Waals surface area contributed by atoms with E-state index in [1.807, 2.05) is 0 Å². The molecule has 2 heterocycles. The molecule has 0 amide bonds. The van der Waals surface area contributed by atoms with Gasteiger partial charge in [0.05, 0.1) is 17.5 Å². The number of nitrogens with zero attached hydrogens (tertiary/aromatic N) is 1. The molecule has 43 heavy (non-hydrogen) atoms. The van der Waals surface area contributed by atoms with Crippen LogP contribution in [0.15, 0.2) is 52.2 Å². The summed E-state index contributed by atoms with van der Waals surface area (Å²) in [6, 6.07) is 7.06. The highest BCUT2D eigenvalue weighted by Gasteiger charge is 2.57. The summed E-state index contributed by atoms with van der Waals surface area (Å²) in [7, 11) is -2.88. The number of hydrogen-bond donors (Lipinski definition) is 3. The van der Waals surface area contributed by atoms with Gasteiger partial charge in [0.2, 0.25) is 0 Å². The minimum absolute atomic E-state index is 0.167. The van der Waals surface area contributed by atoms with Gasteiger partial charge in [0.1, 0.15) is 37.9 Å². The first-order chi connectivity index (χ1) is 20.0.